The number of rotatable bonds is 5. The van der Waals surface area contributed by atoms with Crippen molar-refractivity contribution in [2.75, 3.05) is 10.6 Å². The lowest BCUT2D eigenvalue weighted by molar-refractivity contribution is -0.117. The van der Waals surface area contributed by atoms with Gasteiger partial charge in [0, 0.05) is 5.02 Å². The molecule has 150 valence electrons. The molecule has 0 saturated heterocycles. The minimum Gasteiger partial charge on any atom is -0.323 e. The summed E-state index contributed by atoms with van der Waals surface area (Å²) >= 11 is 18.1. The standard InChI is InChI=1S/C19H16Cl3N5O2/c1-10-3-6-15(14(22)7-10)23-17(28)9-27-11(2)18(25-26-27)19(29)24-16-8-12(20)4-5-13(16)21/h3-8H,9H2,1-2H3,(H,23,28)(H,24,29). The van der Waals surface area contributed by atoms with E-state index < -0.39 is 5.91 Å². The number of benzene rings is 2. The van der Waals surface area contributed by atoms with Gasteiger partial charge in [0.05, 0.1) is 27.1 Å². The van der Waals surface area contributed by atoms with Crippen molar-refractivity contribution in [1.82, 2.24) is 15.0 Å². The van der Waals surface area contributed by atoms with E-state index in [1.807, 2.05) is 13.0 Å². The van der Waals surface area contributed by atoms with Gasteiger partial charge in [-0.1, -0.05) is 46.1 Å². The number of hydrogen-bond acceptors (Lipinski definition) is 4. The minimum absolute atomic E-state index is 0.0715. The zero-order chi connectivity index (χ0) is 21.1. The number of carbonyl (C=O) groups is 2. The fourth-order valence-electron chi connectivity index (χ4n) is 2.54. The van der Waals surface area contributed by atoms with Crippen LogP contribution >= 0.6 is 34.8 Å². The lowest BCUT2D eigenvalue weighted by Crippen LogP contribution is -2.21. The van der Waals surface area contributed by atoms with Crippen molar-refractivity contribution in [1.29, 1.82) is 0 Å². The molecule has 0 radical (unpaired) electrons. The zero-order valence-electron chi connectivity index (χ0n) is 15.5. The van der Waals surface area contributed by atoms with Gasteiger partial charge in [-0.25, -0.2) is 4.68 Å². The number of nitrogens with zero attached hydrogens (tertiary/aromatic N) is 3. The third kappa shape index (κ3) is 5.06. The zero-order valence-corrected chi connectivity index (χ0v) is 17.7. The fourth-order valence-corrected chi connectivity index (χ4v) is 3.16. The van der Waals surface area contributed by atoms with Crippen LogP contribution in [0.5, 0.6) is 0 Å². The third-order valence-electron chi connectivity index (χ3n) is 4.07. The van der Waals surface area contributed by atoms with Crippen molar-refractivity contribution in [3.63, 3.8) is 0 Å². The van der Waals surface area contributed by atoms with E-state index in [4.69, 9.17) is 34.8 Å². The number of amides is 2. The van der Waals surface area contributed by atoms with E-state index in [-0.39, 0.29) is 18.1 Å². The molecule has 0 unspecified atom stereocenters. The maximum atomic E-state index is 12.5. The van der Waals surface area contributed by atoms with Crippen molar-refractivity contribution in [2.24, 2.45) is 0 Å². The van der Waals surface area contributed by atoms with E-state index in [2.05, 4.69) is 20.9 Å². The summed E-state index contributed by atoms with van der Waals surface area (Å²) in [5.41, 5.74) is 2.32. The van der Waals surface area contributed by atoms with Gasteiger partial charge >= 0.3 is 0 Å². The molecular formula is C19H16Cl3N5O2. The monoisotopic (exact) mass is 451 g/mol. The maximum absolute atomic E-state index is 12.5. The first-order chi connectivity index (χ1) is 13.7. The molecule has 0 fully saturated rings. The average Bonchev–Trinajstić information content (AvgIpc) is 3.01. The predicted molar refractivity (Wildman–Crippen MR) is 114 cm³/mol. The van der Waals surface area contributed by atoms with Gasteiger partial charge in [-0.3, -0.25) is 9.59 Å². The summed E-state index contributed by atoms with van der Waals surface area (Å²) in [4.78, 5) is 24.9. The molecule has 2 aromatic carbocycles. The Morgan fingerprint density at radius 2 is 1.72 bits per heavy atom. The summed E-state index contributed by atoms with van der Waals surface area (Å²) in [5, 5.41) is 14.3. The number of halogens is 3. The van der Waals surface area contributed by atoms with Crippen molar-refractivity contribution >= 4 is 58.0 Å². The summed E-state index contributed by atoms with van der Waals surface area (Å²) in [5.74, 6) is -0.867. The first kappa shape index (κ1) is 21.1. The summed E-state index contributed by atoms with van der Waals surface area (Å²) < 4.78 is 1.33. The number of aromatic nitrogens is 3. The average molecular weight is 453 g/mol. The molecule has 0 spiro atoms. The van der Waals surface area contributed by atoms with E-state index in [1.54, 1.807) is 31.2 Å². The summed E-state index contributed by atoms with van der Waals surface area (Å²) in [6, 6.07) is 10.0. The Hall–Kier alpha value is -2.61. The van der Waals surface area contributed by atoms with E-state index in [0.717, 1.165) is 5.56 Å². The molecular weight excluding hydrogens is 437 g/mol. The fraction of sp³-hybridized carbons (Fsp3) is 0.158. The molecule has 2 N–H and O–H groups in total. The van der Waals surface area contributed by atoms with E-state index >= 15 is 0 Å². The van der Waals surface area contributed by atoms with Crippen LogP contribution in [0.3, 0.4) is 0 Å². The summed E-state index contributed by atoms with van der Waals surface area (Å²) in [6.45, 7) is 3.41. The molecule has 29 heavy (non-hydrogen) atoms. The molecule has 1 heterocycles. The molecule has 0 aliphatic carbocycles. The molecule has 0 aliphatic heterocycles. The summed E-state index contributed by atoms with van der Waals surface area (Å²) in [6.07, 6.45) is 0. The van der Waals surface area contributed by atoms with Crippen LogP contribution in [0.25, 0.3) is 0 Å². The molecule has 0 saturated carbocycles. The minimum atomic E-state index is -0.514. The highest BCUT2D eigenvalue weighted by Crippen LogP contribution is 2.26. The number of aryl methyl sites for hydroxylation is 1. The normalized spacial score (nSPS) is 10.7. The lowest BCUT2D eigenvalue weighted by atomic mass is 10.2. The highest BCUT2D eigenvalue weighted by molar-refractivity contribution is 6.36. The second kappa shape index (κ2) is 8.82. The van der Waals surface area contributed by atoms with E-state index in [1.165, 1.54) is 10.7 Å². The molecule has 1 aromatic heterocycles. The first-order valence-electron chi connectivity index (χ1n) is 8.47. The molecule has 0 bridgehead atoms. The lowest BCUT2D eigenvalue weighted by Gasteiger charge is -2.09. The Balaban J connectivity index is 1.70. The second-order valence-corrected chi connectivity index (χ2v) is 7.54. The SMILES string of the molecule is Cc1ccc(NC(=O)Cn2nnc(C(=O)Nc3cc(Cl)ccc3Cl)c2C)c(Cl)c1. The smallest absolute Gasteiger partial charge is 0.278 e. The quantitative estimate of drug-likeness (QED) is 0.585. The van der Waals surface area contributed by atoms with Crippen molar-refractivity contribution < 1.29 is 9.59 Å². The highest BCUT2D eigenvalue weighted by Gasteiger charge is 2.19. The van der Waals surface area contributed by atoms with Gasteiger partial charge in [-0.2, -0.15) is 0 Å². The number of anilines is 2. The first-order valence-corrected chi connectivity index (χ1v) is 9.60. The van der Waals surface area contributed by atoms with Crippen LogP contribution in [0.2, 0.25) is 15.1 Å². The van der Waals surface area contributed by atoms with Gasteiger partial charge in [-0.15, -0.1) is 5.10 Å². The third-order valence-corrected chi connectivity index (χ3v) is 4.94. The molecule has 2 amide bonds. The van der Waals surface area contributed by atoms with Gasteiger partial charge in [0.1, 0.15) is 6.54 Å². The predicted octanol–water partition coefficient (Wildman–Crippen LogP) is 4.75. The van der Waals surface area contributed by atoms with Crippen LogP contribution in [0.15, 0.2) is 36.4 Å². The molecule has 7 nitrogen and oxygen atoms in total. The summed E-state index contributed by atoms with van der Waals surface area (Å²) in [7, 11) is 0. The number of hydrogen-bond donors (Lipinski definition) is 2. The number of carbonyl (C=O) groups excluding carboxylic acids is 2. The van der Waals surface area contributed by atoms with Crippen LogP contribution in [0.4, 0.5) is 11.4 Å². The maximum Gasteiger partial charge on any atom is 0.278 e. The van der Waals surface area contributed by atoms with E-state index in [9.17, 15) is 9.59 Å². The van der Waals surface area contributed by atoms with Crippen LogP contribution in [0, 0.1) is 13.8 Å². The van der Waals surface area contributed by atoms with Crippen molar-refractivity contribution in [3.8, 4) is 0 Å². The van der Waals surface area contributed by atoms with Gasteiger partial charge in [0.2, 0.25) is 5.91 Å². The van der Waals surface area contributed by atoms with Crippen LogP contribution in [-0.2, 0) is 11.3 Å². The Morgan fingerprint density at radius 3 is 2.45 bits per heavy atom. The molecule has 3 rings (SSSR count). The largest absolute Gasteiger partial charge is 0.323 e. The molecule has 0 aliphatic rings. The molecule has 0 atom stereocenters. The van der Waals surface area contributed by atoms with Gasteiger partial charge in [-0.05, 0) is 49.7 Å². The van der Waals surface area contributed by atoms with Crippen LogP contribution in [-0.4, -0.2) is 26.8 Å². The number of nitrogens with one attached hydrogen (secondary N) is 2. The Morgan fingerprint density at radius 1 is 0.966 bits per heavy atom. The Labute approximate surface area is 181 Å². The molecule has 10 heteroatoms. The highest BCUT2D eigenvalue weighted by atomic mass is 35.5. The molecule has 3 aromatic rings. The Bertz CT molecular complexity index is 1100. The van der Waals surface area contributed by atoms with Crippen molar-refractivity contribution in [3.05, 3.63) is 68.4 Å². The van der Waals surface area contributed by atoms with Crippen LogP contribution < -0.4 is 10.6 Å². The van der Waals surface area contributed by atoms with Gasteiger partial charge in [0.25, 0.3) is 5.91 Å². The van der Waals surface area contributed by atoms with Gasteiger partial charge < -0.3 is 10.6 Å². The van der Waals surface area contributed by atoms with E-state index in [0.29, 0.717) is 32.1 Å². The van der Waals surface area contributed by atoms with Crippen molar-refractivity contribution in [2.45, 2.75) is 20.4 Å². The van der Waals surface area contributed by atoms with Gasteiger partial charge in [0.15, 0.2) is 5.69 Å². The topological polar surface area (TPSA) is 88.9 Å². The Kier molecular flexibility index (Phi) is 6.42. The second-order valence-electron chi connectivity index (χ2n) is 6.29. The van der Waals surface area contributed by atoms with Crippen LogP contribution in [0.1, 0.15) is 21.7 Å².